The highest BCUT2D eigenvalue weighted by molar-refractivity contribution is 6.04. The second kappa shape index (κ2) is 7.99. The van der Waals surface area contributed by atoms with E-state index in [-0.39, 0.29) is 17.1 Å². The molecule has 8 heteroatoms. The van der Waals surface area contributed by atoms with E-state index in [0.717, 1.165) is 6.07 Å². The van der Waals surface area contributed by atoms with Crippen molar-refractivity contribution in [2.45, 2.75) is 6.18 Å². The summed E-state index contributed by atoms with van der Waals surface area (Å²) < 4.78 is 44.4. The van der Waals surface area contributed by atoms with Crippen LogP contribution in [0, 0.1) is 0 Å². The van der Waals surface area contributed by atoms with Gasteiger partial charge >= 0.3 is 6.18 Å². The van der Waals surface area contributed by atoms with Gasteiger partial charge in [0, 0.05) is 6.20 Å². The van der Waals surface area contributed by atoms with Gasteiger partial charge in [0.2, 0.25) is 0 Å². The van der Waals surface area contributed by atoms with Crippen LogP contribution in [0.3, 0.4) is 0 Å². The van der Waals surface area contributed by atoms with Crippen molar-refractivity contribution < 1.29 is 22.7 Å². The molecule has 28 heavy (non-hydrogen) atoms. The number of carbonyl (C=O) groups excluding carboxylic acids is 1. The van der Waals surface area contributed by atoms with Gasteiger partial charge in [0.15, 0.2) is 0 Å². The van der Waals surface area contributed by atoms with E-state index in [1.165, 1.54) is 43.6 Å². The smallest absolute Gasteiger partial charge is 0.418 e. The third kappa shape index (κ3) is 4.40. The minimum atomic E-state index is -4.49. The van der Waals surface area contributed by atoms with Crippen LogP contribution < -0.4 is 15.4 Å². The number of nitrogens with one attached hydrogen (secondary N) is 2. The normalized spacial score (nSPS) is 11.0. The van der Waals surface area contributed by atoms with Crippen molar-refractivity contribution in [2.75, 3.05) is 17.7 Å². The minimum absolute atomic E-state index is 0.117. The number of para-hydroxylation sites is 3. The van der Waals surface area contributed by atoms with Gasteiger partial charge in [0.05, 0.1) is 29.6 Å². The summed E-state index contributed by atoms with van der Waals surface area (Å²) in [5.74, 6) is 0.274. The number of ether oxygens (including phenoxy) is 1. The number of halogens is 3. The first kappa shape index (κ1) is 19.2. The van der Waals surface area contributed by atoms with Crippen molar-refractivity contribution in [3.8, 4) is 5.75 Å². The summed E-state index contributed by atoms with van der Waals surface area (Å²) in [4.78, 5) is 16.4. The predicted molar refractivity (Wildman–Crippen MR) is 99.9 cm³/mol. The Morgan fingerprint density at radius 3 is 2.29 bits per heavy atom. The molecule has 5 nitrogen and oxygen atoms in total. The lowest BCUT2D eigenvalue weighted by molar-refractivity contribution is -0.136. The van der Waals surface area contributed by atoms with Gasteiger partial charge in [-0.05, 0) is 36.4 Å². The van der Waals surface area contributed by atoms with Crippen LogP contribution in [0.5, 0.6) is 5.75 Å². The van der Waals surface area contributed by atoms with Crippen molar-refractivity contribution in [2.24, 2.45) is 0 Å². The van der Waals surface area contributed by atoms with Gasteiger partial charge < -0.3 is 15.4 Å². The third-order valence-corrected chi connectivity index (χ3v) is 3.88. The van der Waals surface area contributed by atoms with Crippen molar-refractivity contribution in [1.29, 1.82) is 0 Å². The fourth-order valence-corrected chi connectivity index (χ4v) is 2.52. The molecule has 0 aliphatic carbocycles. The molecule has 3 rings (SSSR count). The second-order valence-electron chi connectivity index (χ2n) is 5.75. The summed E-state index contributed by atoms with van der Waals surface area (Å²) in [6, 6.07) is 14.9. The van der Waals surface area contributed by atoms with Gasteiger partial charge in [-0.1, -0.05) is 24.3 Å². The first-order valence-corrected chi connectivity index (χ1v) is 8.22. The number of carbonyl (C=O) groups is 1. The highest BCUT2D eigenvalue weighted by atomic mass is 19.4. The highest BCUT2D eigenvalue weighted by Crippen LogP contribution is 2.35. The highest BCUT2D eigenvalue weighted by Gasteiger charge is 2.33. The number of rotatable bonds is 5. The zero-order valence-electron chi connectivity index (χ0n) is 14.7. The summed E-state index contributed by atoms with van der Waals surface area (Å²) in [6.07, 6.45) is -3.21. The lowest BCUT2D eigenvalue weighted by Crippen LogP contribution is -2.13. The Labute approximate surface area is 159 Å². The number of amides is 1. The molecule has 0 spiro atoms. The van der Waals surface area contributed by atoms with Gasteiger partial charge in [0.1, 0.15) is 11.6 Å². The Balaban J connectivity index is 1.75. The minimum Gasteiger partial charge on any atom is -0.495 e. The molecule has 0 atom stereocenters. The van der Waals surface area contributed by atoms with Gasteiger partial charge in [-0.15, -0.1) is 0 Å². The maximum absolute atomic E-state index is 13.1. The molecular weight excluding hydrogens is 371 g/mol. The van der Waals surface area contributed by atoms with Crippen LogP contribution in [-0.4, -0.2) is 18.0 Å². The van der Waals surface area contributed by atoms with E-state index in [9.17, 15) is 18.0 Å². The largest absolute Gasteiger partial charge is 0.495 e. The summed E-state index contributed by atoms with van der Waals surface area (Å²) in [5.41, 5.74) is -0.166. The fraction of sp³-hybridized carbons (Fsp3) is 0.100. The van der Waals surface area contributed by atoms with Crippen LogP contribution >= 0.6 is 0 Å². The molecular formula is C20H16F3N3O2. The molecule has 1 heterocycles. The SMILES string of the molecule is COc1ccccc1NC(=O)c1ccc(Nc2ccccc2C(F)(F)F)nc1. The van der Waals surface area contributed by atoms with Crippen molar-refractivity contribution in [1.82, 2.24) is 4.98 Å². The zero-order valence-corrected chi connectivity index (χ0v) is 14.7. The van der Waals surface area contributed by atoms with Gasteiger partial charge in [-0.3, -0.25) is 4.79 Å². The quantitative estimate of drug-likeness (QED) is 0.639. The number of hydrogen-bond acceptors (Lipinski definition) is 4. The topological polar surface area (TPSA) is 63.2 Å². The molecule has 0 aliphatic rings. The molecule has 0 aliphatic heterocycles. The molecule has 0 unspecified atom stereocenters. The Kier molecular flexibility index (Phi) is 5.49. The number of pyridine rings is 1. The van der Waals surface area contributed by atoms with E-state index in [0.29, 0.717) is 11.4 Å². The van der Waals surface area contributed by atoms with Crippen LogP contribution in [0.2, 0.25) is 0 Å². The Morgan fingerprint density at radius 1 is 0.964 bits per heavy atom. The van der Waals surface area contributed by atoms with Crippen molar-refractivity contribution in [3.63, 3.8) is 0 Å². The number of benzene rings is 2. The average molecular weight is 387 g/mol. The molecule has 2 aromatic carbocycles. The Morgan fingerprint density at radius 2 is 1.64 bits per heavy atom. The lowest BCUT2D eigenvalue weighted by Gasteiger charge is -2.14. The van der Waals surface area contributed by atoms with Gasteiger partial charge in [-0.25, -0.2) is 4.98 Å². The Hall–Kier alpha value is -3.55. The number of methoxy groups -OCH3 is 1. The van der Waals surface area contributed by atoms with E-state index in [1.807, 2.05) is 0 Å². The summed E-state index contributed by atoms with van der Waals surface area (Å²) in [5, 5.41) is 5.33. The fourth-order valence-electron chi connectivity index (χ4n) is 2.52. The number of aromatic nitrogens is 1. The molecule has 0 radical (unpaired) electrons. The molecule has 0 saturated carbocycles. The molecule has 2 N–H and O–H groups in total. The number of alkyl halides is 3. The number of hydrogen-bond donors (Lipinski definition) is 2. The third-order valence-electron chi connectivity index (χ3n) is 3.88. The molecule has 144 valence electrons. The maximum atomic E-state index is 13.1. The summed E-state index contributed by atoms with van der Waals surface area (Å²) in [7, 11) is 1.49. The second-order valence-corrected chi connectivity index (χ2v) is 5.75. The maximum Gasteiger partial charge on any atom is 0.418 e. The molecule has 0 fully saturated rings. The molecule has 0 bridgehead atoms. The standard InChI is InChI=1S/C20H16F3N3O2/c1-28-17-9-5-4-8-16(17)26-19(27)13-10-11-18(24-12-13)25-15-7-3-2-6-14(15)20(21,22)23/h2-12H,1H3,(H,24,25)(H,26,27). The summed E-state index contributed by atoms with van der Waals surface area (Å²) in [6.45, 7) is 0. The molecule has 3 aromatic rings. The number of nitrogens with zero attached hydrogens (tertiary/aromatic N) is 1. The van der Waals surface area contributed by atoms with Crippen molar-refractivity contribution in [3.05, 3.63) is 78.0 Å². The van der Waals surface area contributed by atoms with Crippen LogP contribution in [0.15, 0.2) is 66.9 Å². The molecule has 0 saturated heterocycles. The average Bonchev–Trinajstić information content (AvgIpc) is 2.68. The predicted octanol–water partition coefficient (Wildman–Crippen LogP) is 5.10. The lowest BCUT2D eigenvalue weighted by atomic mass is 10.1. The van der Waals surface area contributed by atoms with E-state index < -0.39 is 17.6 Å². The first-order chi connectivity index (χ1) is 13.4. The van der Waals surface area contributed by atoms with E-state index >= 15 is 0 Å². The summed E-state index contributed by atoms with van der Waals surface area (Å²) >= 11 is 0. The van der Waals surface area contributed by atoms with E-state index in [2.05, 4.69) is 15.6 Å². The first-order valence-electron chi connectivity index (χ1n) is 8.22. The number of anilines is 3. The van der Waals surface area contributed by atoms with E-state index in [4.69, 9.17) is 4.74 Å². The van der Waals surface area contributed by atoms with Crippen LogP contribution in [0.25, 0.3) is 0 Å². The molecule has 1 aromatic heterocycles. The van der Waals surface area contributed by atoms with Crippen LogP contribution in [0.1, 0.15) is 15.9 Å². The van der Waals surface area contributed by atoms with Crippen LogP contribution in [0.4, 0.5) is 30.4 Å². The van der Waals surface area contributed by atoms with Crippen LogP contribution in [-0.2, 0) is 6.18 Å². The molecule has 1 amide bonds. The zero-order chi connectivity index (χ0) is 20.1. The van der Waals surface area contributed by atoms with Crippen molar-refractivity contribution >= 4 is 23.1 Å². The monoisotopic (exact) mass is 387 g/mol. The Bertz CT molecular complexity index is 973. The van der Waals surface area contributed by atoms with Gasteiger partial charge in [0.25, 0.3) is 5.91 Å². The van der Waals surface area contributed by atoms with E-state index in [1.54, 1.807) is 24.3 Å². The van der Waals surface area contributed by atoms with Gasteiger partial charge in [-0.2, -0.15) is 13.2 Å².